The summed E-state index contributed by atoms with van der Waals surface area (Å²) in [4.78, 5) is 0. The van der Waals surface area contributed by atoms with Crippen LogP contribution in [0.2, 0.25) is 0 Å². The maximum Gasteiger partial charge on any atom is 0.182 e. The summed E-state index contributed by atoms with van der Waals surface area (Å²) in [7, 11) is 0. The second-order valence-electron chi connectivity index (χ2n) is 4.48. The van der Waals surface area contributed by atoms with Gasteiger partial charge in [-0.3, -0.25) is 5.11 Å². The van der Waals surface area contributed by atoms with E-state index < -0.39 is 0 Å². The molecule has 0 spiro atoms. The van der Waals surface area contributed by atoms with Crippen LogP contribution < -0.4 is 0 Å². The molecule has 0 aliphatic heterocycles. The first-order chi connectivity index (χ1) is 6.58. The third-order valence-electron chi connectivity index (χ3n) is 2.77. The first-order valence-electron chi connectivity index (χ1n) is 5.34. The highest BCUT2D eigenvalue weighted by Crippen LogP contribution is 2.34. The average Bonchev–Trinajstić information content (AvgIpc) is 2.15. The van der Waals surface area contributed by atoms with Gasteiger partial charge in [-0.1, -0.05) is 51.8 Å². The summed E-state index contributed by atoms with van der Waals surface area (Å²) in [6, 6.07) is 7.37. The third kappa shape index (κ3) is 2.50. The van der Waals surface area contributed by atoms with Crippen molar-refractivity contribution in [3.63, 3.8) is 0 Å². The lowest BCUT2D eigenvalue weighted by Gasteiger charge is -2.25. The van der Waals surface area contributed by atoms with Gasteiger partial charge in [0.15, 0.2) is 5.75 Å². The number of rotatable bonds is 4. The van der Waals surface area contributed by atoms with Gasteiger partial charge in [-0.15, -0.1) is 0 Å². The monoisotopic (exact) mass is 191 g/mol. The molecule has 1 nitrogen and oxygen atoms in total. The number of para-hydroxylation sites is 1. The Kier molecular flexibility index (Phi) is 3.56. The van der Waals surface area contributed by atoms with Gasteiger partial charge in [0, 0.05) is 5.56 Å². The van der Waals surface area contributed by atoms with E-state index in [1.54, 1.807) is 6.07 Å². The zero-order valence-electron chi connectivity index (χ0n) is 9.34. The fourth-order valence-corrected chi connectivity index (χ4v) is 1.78. The fraction of sp³-hybridized carbons (Fsp3) is 0.538. The van der Waals surface area contributed by atoms with Crippen LogP contribution in [0.1, 0.15) is 45.6 Å². The van der Waals surface area contributed by atoms with Crippen molar-refractivity contribution in [2.75, 3.05) is 0 Å². The molecule has 0 atom stereocenters. The van der Waals surface area contributed by atoms with Gasteiger partial charge in [-0.05, 0) is 17.9 Å². The zero-order chi connectivity index (χ0) is 10.6. The van der Waals surface area contributed by atoms with E-state index in [1.807, 2.05) is 18.2 Å². The van der Waals surface area contributed by atoms with E-state index in [9.17, 15) is 5.11 Å². The molecule has 1 rings (SSSR count). The van der Waals surface area contributed by atoms with E-state index in [1.165, 1.54) is 12.8 Å². The summed E-state index contributed by atoms with van der Waals surface area (Å²) in [5, 5.41) is 11.6. The molecular weight excluding hydrogens is 172 g/mol. The van der Waals surface area contributed by atoms with Gasteiger partial charge >= 0.3 is 0 Å². The largest absolute Gasteiger partial charge is 0.290 e. The minimum absolute atomic E-state index is 0.0222. The molecule has 1 aromatic carbocycles. The molecule has 0 heterocycles. The van der Waals surface area contributed by atoms with Gasteiger partial charge in [0.2, 0.25) is 0 Å². The summed E-state index contributed by atoms with van der Waals surface area (Å²) in [5.74, 6) is 0.175. The summed E-state index contributed by atoms with van der Waals surface area (Å²) < 4.78 is 0. The predicted molar refractivity (Wildman–Crippen MR) is 59.1 cm³/mol. The highest BCUT2D eigenvalue weighted by atomic mass is 16.3. The van der Waals surface area contributed by atoms with Crippen LogP contribution in [0.15, 0.2) is 24.3 Å². The van der Waals surface area contributed by atoms with E-state index in [2.05, 4.69) is 20.8 Å². The maximum absolute atomic E-state index is 11.6. The van der Waals surface area contributed by atoms with E-state index in [-0.39, 0.29) is 11.2 Å². The molecule has 1 radical (unpaired) electrons. The minimum atomic E-state index is 0.0222. The van der Waals surface area contributed by atoms with Crippen molar-refractivity contribution >= 4 is 0 Å². The molecule has 77 valence electrons. The Labute approximate surface area is 86.8 Å². The van der Waals surface area contributed by atoms with Gasteiger partial charge in [-0.2, -0.15) is 0 Å². The average molecular weight is 191 g/mol. The van der Waals surface area contributed by atoms with E-state index in [4.69, 9.17) is 0 Å². The Balaban J connectivity index is 2.86. The van der Waals surface area contributed by atoms with Gasteiger partial charge in [-0.25, -0.2) is 0 Å². The van der Waals surface area contributed by atoms with E-state index >= 15 is 0 Å². The molecule has 0 fully saturated rings. The first-order valence-corrected chi connectivity index (χ1v) is 5.34. The summed E-state index contributed by atoms with van der Waals surface area (Å²) >= 11 is 0. The Morgan fingerprint density at radius 1 is 1.21 bits per heavy atom. The topological polar surface area (TPSA) is 19.9 Å². The molecule has 0 aliphatic carbocycles. The van der Waals surface area contributed by atoms with Crippen molar-refractivity contribution in [3.05, 3.63) is 29.8 Å². The van der Waals surface area contributed by atoms with Crippen LogP contribution in [-0.2, 0) is 10.5 Å². The van der Waals surface area contributed by atoms with Crippen molar-refractivity contribution in [2.45, 2.75) is 45.4 Å². The molecule has 1 aromatic rings. The third-order valence-corrected chi connectivity index (χ3v) is 2.77. The number of hydrogen-bond donors (Lipinski definition) is 0. The van der Waals surface area contributed by atoms with Crippen LogP contribution in [-0.4, -0.2) is 0 Å². The fourth-order valence-electron chi connectivity index (χ4n) is 1.78. The summed E-state index contributed by atoms with van der Waals surface area (Å²) in [6.07, 6.45) is 3.45. The maximum atomic E-state index is 11.6. The molecule has 0 unspecified atom stereocenters. The summed E-state index contributed by atoms with van der Waals surface area (Å²) in [5.41, 5.74) is 0.974. The number of benzene rings is 1. The van der Waals surface area contributed by atoms with Crippen molar-refractivity contribution < 1.29 is 5.11 Å². The van der Waals surface area contributed by atoms with Gasteiger partial charge in [0.25, 0.3) is 0 Å². The smallest absolute Gasteiger partial charge is 0.182 e. The van der Waals surface area contributed by atoms with Crippen molar-refractivity contribution in [2.24, 2.45) is 0 Å². The highest BCUT2D eigenvalue weighted by molar-refractivity contribution is 5.37. The lowest BCUT2D eigenvalue weighted by atomic mass is 9.80. The number of hydrogen-bond acceptors (Lipinski definition) is 0. The molecule has 0 aliphatic rings. The molecule has 0 saturated heterocycles. The molecule has 0 amide bonds. The predicted octanol–water partition coefficient (Wildman–Crippen LogP) is 4.30. The molecular formula is C13H19O. The molecule has 1 heteroatoms. The quantitative estimate of drug-likeness (QED) is 0.676. The molecule has 0 aromatic heterocycles. The normalized spacial score (nSPS) is 11.6. The van der Waals surface area contributed by atoms with Crippen LogP contribution in [0, 0.1) is 0 Å². The standard InChI is InChI=1S/C13H19O/c1-4-5-10-13(2,3)11-8-6-7-9-12(11)14/h6-9H,4-5,10H2,1-3H3. The van der Waals surface area contributed by atoms with Gasteiger partial charge in [0.1, 0.15) is 0 Å². The van der Waals surface area contributed by atoms with Crippen LogP contribution >= 0.6 is 0 Å². The van der Waals surface area contributed by atoms with Crippen LogP contribution in [0.25, 0.3) is 0 Å². The van der Waals surface area contributed by atoms with Crippen LogP contribution in [0.4, 0.5) is 0 Å². The Morgan fingerprint density at radius 3 is 2.43 bits per heavy atom. The molecule has 0 bridgehead atoms. The summed E-state index contributed by atoms with van der Waals surface area (Å²) in [6.45, 7) is 6.48. The van der Waals surface area contributed by atoms with Crippen molar-refractivity contribution in [1.82, 2.24) is 0 Å². The lowest BCUT2D eigenvalue weighted by Crippen LogP contribution is -2.16. The second kappa shape index (κ2) is 4.50. The van der Waals surface area contributed by atoms with Crippen molar-refractivity contribution in [1.29, 1.82) is 0 Å². The lowest BCUT2D eigenvalue weighted by molar-refractivity contribution is 0.332. The molecule has 0 saturated carbocycles. The Morgan fingerprint density at radius 2 is 1.86 bits per heavy atom. The minimum Gasteiger partial charge on any atom is -0.290 e. The first kappa shape index (κ1) is 11.1. The van der Waals surface area contributed by atoms with Crippen molar-refractivity contribution in [3.8, 4) is 5.75 Å². The van der Waals surface area contributed by atoms with E-state index in [0.717, 1.165) is 12.0 Å². The highest BCUT2D eigenvalue weighted by Gasteiger charge is 2.23. The zero-order valence-corrected chi connectivity index (χ0v) is 9.34. The second-order valence-corrected chi connectivity index (χ2v) is 4.48. The van der Waals surface area contributed by atoms with Crippen LogP contribution in [0.3, 0.4) is 0 Å². The Hall–Kier alpha value is -0.980. The number of unbranched alkanes of at least 4 members (excludes halogenated alkanes) is 1. The molecule has 14 heavy (non-hydrogen) atoms. The van der Waals surface area contributed by atoms with Gasteiger partial charge < -0.3 is 0 Å². The Bertz CT molecular complexity index is 289. The van der Waals surface area contributed by atoms with E-state index in [0.29, 0.717) is 0 Å². The molecule has 0 N–H and O–H groups in total. The SMILES string of the molecule is CCCCC(C)(C)c1ccccc1[O]. The van der Waals surface area contributed by atoms with Crippen LogP contribution in [0.5, 0.6) is 5.75 Å². The van der Waals surface area contributed by atoms with Gasteiger partial charge in [0.05, 0.1) is 0 Å².